The third-order valence-electron chi connectivity index (χ3n) is 4.90. The Morgan fingerprint density at radius 3 is 2.25 bits per heavy atom. The molecule has 0 spiro atoms. The summed E-state index contributed by atoms with van der Waals surface area (Å²) in [6.45, 7) is 3.29. The highest BCUT2D eigenvalue weighted by Gasteiger charge is 2.16. The number of nitrogens with one attached hydrogen (secondary N) is 2. The quantitative estimate of drug-likeness (QED) is 0.517. The zero-order valence-corrected chi connectivity index (χ0v) is 15.7. The first-order valence-corrected chi connectivity index (χ1v) is 10.8. The van der Waals surface area contributed by atoms with Gasteiger partial charge in [-0.25, -0.2) is 0 Å². The number of carbonyl (C=O) groups excluding carboxylic acids is 2. The van der Waals surface area contributed by atoms with Crippen LogP contribution in [0.25, 0.3) is 0 Å². The van der Waals surface area contributed by atoms with Crippen LogP contribution in [-0.2, 0) is 9.59 Å². The SMILES string of the molecule is O=C(CSCC(=O)N1CCCCC1)NCCNC1CCCCCC1. The molecule has 2 N–H and O–H groups in total. The Balaban J connectivity index is 1.46. The number of carbonyl (C=O) groups is 2. The van der Waals surface area contributed by atoms with Gasteiger partial charge in [0.25, 0.3) is 0 Å². The topological polar surface area (TPSA) is 61.4 Å². The van der Waals surface area contributed by atoms with Crippen molar-refractivity contribution in [2.45, 2.75) is 63.8 Å². The van der Waals surface area contributed by atoms with Gasteiger partial charge in [0.05, 0.1) is 11.5 Å². The molecule has 1 saturated carbocycles. The van der Waals surface area contributed by atoms with E-state index in [9.17, 15) is 9.59 Å². The number of amides is 2. The van der Waals surface area contributed by atoms with E-state index < -0.39 is 0 Å². The molecule has 2 aliphatic rings. The Kier molecular flexibility index (Phi) is 9.58. The maximum Gasteiger partial charge on any atom is 0.232 e. The van der Waals surface area contributed by atoms with Crippen molar-refractivity contribution in [3.8, 4) is 0 Å². The van der Waals surface area contributed by atoms with Gasteiger partial charge >= 0.3 is 0 Å². The van der Waals surface area contributed by atoms with E-state index in [0.717, 1.165) is 32.5 Å². The van der Waals surface area contributed by atoms with E-state index in [2.05, 4.69) is 10.6 Å². The van der Waals surface area contributed by atoms with Crippen LogP contribution in [0.2, 0.25) is 0 Å². The van der Waals surface area contributed by atoms with E-state index in [1.807, 2.05) is 4.90 Å². The maximum atomic E-state index is 12.0. The van der Waals surface area contributed by atoms with Gasteiger partial charge in [0.15, 0.2) is 0 Å². The molecule has 6 heteroatoms. The molecule has 1 saturated heterocycles. The van der Waals surface area contributed by atoms with Crippen molar-refractivity contribution in [3.63, 3.8) is 0 Å². The first-order chi connectivity index (χ1) is 11.8. The molecule has 138 valence electrons. The minimum absolute atomic E-state index is 0.0362. The Bertz CT molecular complexity index is 378. The molecule has 0 radical (unpaired) electrons. The van der Waals surface area contributed by atoms with Crippen molar-refractivity contribution in [2.24, 2.45) is 0 Å². The zero-order chi connectivity index (χ0) is 17.0. The fourth-order valence-corrected chi connectivity index (χ4v) is 4.23. The molecule has 5 nitrogen and oxygen atoms in total. The molecule has 0 aromatic carbocycles. The summed E-state index contributed by atoms with van der Waals surface area (Å²) in [5.74, 6) is 1.02. The van der Waals surface area contributed by atoms with Crippen LogP contribution < -0.4 is 10.6 Å². The van der Waals surface area contributed by atoms with E-state index in [0.29, 0.717) is 24.1 Å². The summed E-state index contributed by atoms with van der Waals surface area (Å²) in [5.41, 5.74) is 0. The molecule has 2 rings (SSSR count). The lowest BCUT2D eigenvalue weighted by Gasteiger charge is -2.26. The van der Waals surface area contributed by atoms with Gasteiger partial charge in [-0.3, -0.25) is 9.59 Å². The monoisotopic (exact) mass is 355 g/mol. The summed E-state index contributed by atoms with van der Waals surface area (Å²) in [7, 11) is 0. The van der Waals surface area contributed by atoms with E-state index in [-0.39, 0.29) is 11.8 Å². The second-order valence-corrected chi connectivity index (χ2v) is 7.91. The average molecular weight is 356 g/mol. The number of piperidine rings is 1. The second kappa shape index (κ2) is 11.7. The lowest BCUT2D eigenvalue weighted by molar-refractivity contribution is -0.129. The molecule has 0 atom stereocenters. The molecule has 24 heavy (non-hydrogen) atoms. The largest absolute Gasteiger partial charge is 0.354 e. The summed E-state index contributed by atoms with van der Waals surface area (Å²) in [6.07, 6.45) is 11.4. The molecule has 2 fully saturated rings. The number of hydrogen-bond acceptors (Lipinski definition) is 4. The summed E-state index contributed by atoms with van der Waals surface area (Å²) >= 11 is 1.43. The van der Waals surface area contributed by atoms with Crippen LogP contribution in [0.1, 0.15) is 57.8 Å². The van der Waals surface area contributed by atoms with Crippen LogP contribution in [0.5, 0.6) is 0 Å². The van der Waals surface area contributed by atoms with E-state index >= 15 is 0 Å². The fourth-order valence-electron chi connectivity index (χ4n) is 3.48. The molecule has 0 bridgehead atoms. The number of likely N-dealkylation sites (tertiary alicyclic amines) is 1. The number of rotatable bonds is 8. The summed E-state index contributed by atoms with van der Waals surface area (Å²) < 4.78 is 0. The molecule has 0 aromatic rings. The minimum atomic E-state index is 0.0362. The van der Waals surface area contributed by atoms with Gasteiger partial charge in [-0.2, -0.15) is 0 Å². The molecule has 2 amide bonds. The normalized spacial score (nSPS) is 19.8. The predicted molar refractivity (Wildman–Crippen MR) is 100 cm³/mol. The highest BCUT2D eigenvalue weighted by atomic mass is 32.2. The molecular weight excluding hydrogens is 322 g/mol. The van der Waals surface area contributed by atoms with Crippen LogP contribution in [0, 0.1) is 0 Å². The lowest BCUT2D eigenvalue weighted by atomic mass is 10.1. The minimum Gasteiger partial charge on any atom is -0.354 e. The van der Waals surface area contributed by atoms with Crippen LogP contribution in [0.3, 0.4) is 0 Å². The predicted octanol–water partition coefficient (Wildman–Crippen LogP) is 2.16. The molecular formula is C18H33N3O2S. The van der Waals surface area contributed by atoms with Gasteiger partial charge in [-0.05, 0) is 32.1 Å². The van der Waals surface area contributed by atoms with Crippen molar-refractivity contribution >= 4 is 23.6 Å². The van der Waals surface area contributed by atoms with Crippen LogP contribution in [-0.4, -0.2) is 60.4 Å². The molecule has 1 aliphatic carbocycles. The summed E-state index contributed by atoms with van der Waals surface area (Å²) in [4.78, 5) is 25.8. The summed E-state index contributed by atoms with van der Waals surface area (Å²) in [5, 5.41) is 6.50. The molecule has 0 aromatic heterocycles. The lowest BCUT2D eigenvalue weighted by Crippen LogP contribution is -2.38. The van der Waals surface area contributed by atoms with Crippen LogP contribution in [0.15, 0.2) is 0 Å². The second-order valence-electron chi connectivity index (χ2n) is 6.93. The van der Waals surface area contributed by atoms with Gasteiger partial charge in [0.1, 0.15) is 0 Å². The van der Waals surface area contributed by atoms with Crippen molar-refractivity contribution in [2.75, 3.05) is 37.7 Å². The Labute approximate surface area is 150 Å². The van der Waals surface area contributed by atoms with E-state index in [1.54, 1.807) is 0 Å². The molecule has 0 unspecified atom stereocenters. The Morgan fingerprint density at radius 2 is 1.54 bits per heavy atom. The standard InChI is InChI=1S/C18H33N3O2S/c22-17(14-24-15-18(23)21-12-6-3-7-13-21)20-11-10-19-16-8-4-1-2-5-9-16/h16,19H,1-15H2,(H,20,22). The Morgan fingerprint density at radius 1 is 0.875 bits per heavy atom. The maximum absolute atomic E-state index is 12.0. The first-order valence-electron chi connectivity index (χ1n) is 9.61. The average Bonchev–Trinajstić information content (AvgIpc) is 2.88. The Hall–Kier alpha value is -0.750. The van der Waals surface area contributed by atoms with Crippen molar-refractivity contribution in [1.82, 2.24) is 15.5 Å². The van der Waals surface area contributed by atoms with E-state index in [1.165, 1.54) is 56.7 Å². The number of thioether (sulfide) groups is 1. The van der Waals surface area contributed by atoms with Crippen LogP contribution in [0.4, 0.5) is 0 Å². The van der Waals surface area contributed by atoms with Gasteiger partial charge in [0, 0.05) is 32.2 Å². The van der Waals surface area contributed by atoms with Crippen molar-refractivity contribution < 1.29 is 9.59 Å². The van der Waals surface area contributed by atoms with Gasteiger partial charge in [0.2, 0.25) is 11.8 Å². The third kappa shape index (κ3) is 7.88. The first kappa shape index (κ1) is 19.6. The number of nitrogens with zero attached hydrogens (tertiary/aromatic N) is 1. The van der Waals surface area contributed by atoms with Gasteiger partial charge in [-0.1, -0.05) is 25.7 Å². The highest BCUT2D eigenvalue weighted by Crippen LogP contribution is 2.16. The van der Waals surface area contributed by atoms with Crippen LogP contribution >= 0.6 is 11.8 Å². The van der Waals surface area contributed by atoms with Crippen molar-refractivity contribution in [3.05, 3.63) is 0 Å². The third-order valence-corrected chi connectivity index (χ3v) is 5.82. The molecule has 1 heterocycles. The van der Waals surface area contributed by atoms with Gasteiger partial charge in [-0.15, -0.1) is 11.8 Å². The highest BCUT2D eigenvalue weighted by molar-refractivity contribution is 8.00. The molecule has 1 aliphatic heterocycles. The zero-order valence-electron chi connectivity index (χ0n) is 14.9. The van der Waals surface area contributed by atoms with Crippen molar-refractivity contribution in [1.29, 1.82) is 0 Å². The fraction of sp³-hybridized carbons (Fsp3) is 0.889. The smallest absolute Gasteiger partial charge is 0.232 e. The summed E-state index contributed by atoms with van der Waals surface area (Å²) in [6, 6.07) is 0.626. The van der Waals surface area contributed by atoms with E-state index in [4.69, 9.17) is 0 Å². The van der Waals surface area contributed by atoms with Gasteiger partial charge < -0.3 is 15.5 Å². The number of hydrogen-bond donors (Lipinski definition) is 2.